The Morgan fingerprint density at radius 2 is 2.04 bits per heavy atom. The molecule has 0 fully saturated rings. The average Bonchev–Trinajstić information content (AvgIpc) is 2.88. The van der Waals surface area contributed by atoms with Crippen molar-refractivity contribution in [3.05, 3.63) is 29.6 Å². The molecule has 0 saturated heterocycles. The van der Waals surface area contributed by atoms with Gasteiger partial charge in [-0.25, -0.2) is 9.78 Å². The summed E-state index contributed by atoms with van der Waals surface area (Å²) in [5.74, 6) is 0.610. The largest absolute Gasteiger partial charge is 0.444 e. The maximum absolute atomic E-state index is 12.3. The Bertz CT molecular complexity index is 776. The van der Waals surface area contributed by atoms with Gasteiger partial charge in [0, 0.05) is 25.2 Å². The number of aryl methyl sites for hydroxylation is 1. The molecule has 0 aliphatic heterocycles. The predicted octanol–water partition coefficient (Wildman–Crippen LogP) is 2.86. The van der Waals surface area contributed by atoms with Gasteiger partial charge in [0.1, 0.15) is 11.4 Å². The van der Waals surface area contributed by atoms with Crippen LogP contribution in [0.1, 0.15) is 43.9 Å². The fourth-order valence-corrected chi connectivity index (χ4v) is 2.27. The lowest BCUT2D eigenvalue weighted by Gasteiger charge is -2.28. The minimum atomic E-state index is -0.550. The van der Waals surface area contributed by atoms with Gasteiger partial charge in [0.05, 0.1) is 11.0 Å². The maximum atomic E-state index is 12.3. The number of fused-ring (bicyclic) bond motifs is 1. The Morgan fingerprint density at radius 1 is 1.36 bits per heavy atom. The molecule has 1 atom stereocenters. The summed E-state index contributed by atoms with van der Waals surface area (Å²) < 4.78 is 5.33. The smallest absolute Gasteiger partial charge is 0.410 e. The predicted molar refractivity (Wildman–Crippen MR) is 96.6 cm³/mol. The summed E-state index contributed by atoms with van der Waals surface area (Å²) >= 11 is 0. The van der Waals surface area contributed by atoms with Crippen LogP contribution in [-0.2, 0) is 4.74 Å². The number of ether oxygens (including phenoxy) is 1. The zero-order valence-corrected chi connectivity index (χ0v) is 15.6. The van der Waals surface area contributed by atoms with Gasteiger partial charge in [-0.15, -0.1) is 0 Å². The Balaban J connectivity index is 1.94. The number of benzene rings is 1. The number of likely N-dealkylation sites (N-methyl/N-ethyl adjacent to an activating group) is 1. The molecule has 0 aliphatic rings. The van der Waals surface area contributed by atoms with Crippen LogP contribution in [0.2, 0.25) is 0 Å². The topological polar surface area (TPSA) is 87.3 Å². The van der Waals surface area contributed by atoms with Gasteiger partial charge in [-0.1, -0.05) is 0 Å². The number of nitrogens with one attached hydrogen (secondary N) is 2. The van der Waals surface area contributed by atoms with E-state index in [1.807, 2.05) is 40.7 Å². The standard InChI is InChI=1S/C18H26N4O3/c1-11(22(6)17(24)25-18(3,4)5)10-19-16(23)13-7-8-14-15(9-13)21-12(2)20-14/h7-9,11H,10H2,1-6H3,(H,19,23)(H,20,21). The molecular formula is C18H26N4O3. The summed E-state index contributed by atoms with van der Waals surface area (Å²) in [5, 5.41) is 2.85. The molecule has 7 heteroatoms. The molecular weight excluding hydrogens is 320 g/mol. The number of carbonyl (C=O) groups is 2. The van der Waals surface area contributed by atoms with E-state index in [9.17, 15) is 9.59 Å². The van der Waals surface area contributed by atoms with E-state index < -0.39 is 11.7 Å². The molecule has 1 aromatic carbocycles. The zero-order chi connectivity index (χ0) is 18.8. The van der Waals surface area contributed by atoms with Crippen LogP contribution in [-0.4, -0.2) is 52.1 Å². The normalized spacial score (nSPS) is 12.7. The number of nitrogens with zero attached hydrogens (tertiary/aromatic N) is 2. The third-order valence-corrected chi connectivity index (χ3v) is 3.76. The quantitative estimate of drug-likeness (QED) is 0.891. The second-order valence-electron chi connectivity index (χ2n) is 7.20. The number of amides is 2. The first-order chi connectivity index (χ1) is 11.6. The van der Waals surface area contributed by atoms with Crippen LogP contribution < -0.4 is 5.32 Å². The van der Waals surface area contributed by atoms with Gasteiger partial charge in [-0.2, -0.15) is 0 Å². The number of aromatic nitrogens is 2. The number of rotatable bonds is 4. The number of aromatic amines is 1. The molecule has 25 heavy (non-hydrogen) atoms. The molecule has 0 saturated carbocycles. The van der Waals surface area contributed by atoms with Crippen LogP contribution in [0.5, 0.6) is 0 Å². The molecule has 0 radical (unpaired) electrons. The highest BCUT2D eigenvalue weighted by Crippen LogP contribution is 2.14. The molecule has 1 aromatic heterocycles. The monoisotopic (exact) mass is 346 g/mol. The Morgan fingerprint density at radius 3 is 2.68 bits per heavy atom. The van der Waals surface area contributed by atoms with Crippen LogP contribution in [0.4, 0.5) is 4.79 Å². The van der Waals surface area contributed by atoms with Crippen molar-refractivity contribution >= 4 is 23.0 Å². The van der Waals surface area contributed by atoms with Gasteiger partial charge < -0.3 is 19.9 Å². The lowest BCUT2D eigenvalue weighted by Crippen LogP contribution is -2.45. The highest BCUT2D eigenvalue weighted by atomic mass is 16.6. The van der Waals surface area contributed by atoms with Gasteiger partial charge in [0.15, 0.2) is 0 Å². The van der Waals surface area contributed by atoms with Crippen LogP contribution in [0, 0.1) is 6.92 Å². The summed E-state index contributed by atoms with van der Waals surface area (Å²) in [7, 11) is 1.66. The Kier molecular flexibility index (Phi) is 5.35. The summed E-state index contributed by atoms with van der Waals surface area (Å²) in [6, 6.07) is 5.12. The first kappa shape index (κ1) is 18.8. The van der Waals surface area contributed by atoms with E-state index in [1.165, 1.54) is 4.90 Å². The molecule has 2 N–H and O–H groups in total. The first-order valence-electron chi connectivity index (χ1n) is 8.27. The summed E-state index contributed by atoms with van der Waals surface area (Å²) in [6.07, 6.45) is -0.413. The molecule has 2 aromatic rings. The van der Waals surface area contributed by atoms with Gasteiger partial charge in [0.25, 0.3) is 5.91 Å². The lowest BCUT2D eigenvalue weighted by atomic mass is 10.2. The van der Waals surface area contributed by atoms with E-state index in [0.717, 1.165) is 16.9 Å². The zero-order valence-electron chi connectivity index (χ0n) is 15.6. The second kappa shape index (κ2) is 7.13. The molecule has 0 spiro atoms. The maximum Gasteiger partial charge on any atom is 0.410 e. The number of H-pyrrole nitrogens is 1. The van der Waals surface area contributed by atoms with Crippen molar-refractivity contribution in [1.82, 2.24) is 20.2 Å². The van der Waals surface area contributed by atoms with Crippen molar-refractivity contribution in [1.29, 1.82) is 0 Å². The molecule has 7 nitrogen and oxygen atoms in total. The third-order valence-electron chi connectivity index (χ3n) is 3.76. The SMILES string of the molecule is Cc1nc2ccc(C(=O)NCC(C)N(C)C(=O)OC(C)(C)C)cc2[nH]1. The van der Waals surface area contributed by atoms with Crippen molar-refractivity contribution in [2.45, 2.75) is 46.3 Å². The molecule has 136 valence electrons. The van der Waals surface area contributed by atoms with Crippen molar-refractivity contribution in [3.63, 3.8) is 0 Å². The van der Waals surface area contributed by atoms with Crippen molar-refractivity contribution in [2.24, 2.45) is 0 Å². The summed E-state index contributed by atoms with van der Waals surface area (Å²) in [4.78, 5) is 33.3. The number of carbonyl (C=O) groups excluding carboxylic acids is 2. The molecule has 2 rings (SSSR count). The second-order valence-corrected chi connectivity index (χ2v) is 7.20. The van der Waals surface area contributed by atoms with E-state index in [4.69, 9.17) is 4.74 Å². The van der Waals surface area contributed by atoms with Gasteiger partial charge in [-0.05, 0) is 52.8 Å². The molecule has 1 unspecified atom stereocenters. The fourth-order valence-electron chi connectivity index (χ4n) is 2.27. The summed E-state index contributed by atoms with van der Waals surface area (Å²) in [5.41, 5.74) is 1.64. The van der Waals surface area contributed by atoms with Crippen LogP contribution in [0.25, 0.3) is 11.0 Å². The molecule has 0 bridgehead atoms. The molecule has 0 aliphatic carbocycles. The van der Waals surface area contributed by atoms with Crippen molar-refractivity contribution in [2.75, 3.05) is 13.6 Å². The average molecular weight is 346 g/mol. The van der Waals surface area contributed by atoms with Crippen LogP contribution in [0.3, 0.4) is 0 Å². The third kappa shape index (κ3) is 4.95. The highest BCUT2D eigenvalue weighted by molar-refractivity contribution is 5.97. The van der Waals surface area contributed by atoms with E-state index in [0.29, 0.717) is 12.1 Å². The number of imidazole rings is 1. The van der Waals surface area contributed by atoms with Gasteiger partial charge >= 0.3 is 6.09 Å². The van der Waals surface area contributed by atoms with Crippen LogP contribution >= 0.6 is 0 Å². The van der Waals surface area contributed by atoms with Crippen molar-refractivity contribution < 1.29 is 14.3 Å². The minimum Gasteiger partial charge on any atom is -0.444 e. The van der Waals surface area contributed by atoms with Gasteiger partial charge in [-0.3, -0.25) is 4.79 Å². The minimum absolute atomic E-state index is 0.196. The van der Waals surface area contributed by atoms with Crippen molar-refractivity contribution in [3.8, 4) is 0 Å². The lowest BCUT2D eigenvalue weighted by molar-refractivity contribution is 0.0234. The van der Waals surface area contributed by atoms with Gasteiger partial charge in [0.2, 0.25) is 0 Å². The Labute approximate surface area is 147 Å². The van der Waals surface area contributed by atoms with E-state index in [2.05, 4.69) is 15.3 Å². The molecule has 1 heterocycles. The van der Waals surface area contributed by atoms with Crippen LogP contribution in [0.15, 0.2) is 18.2 Å². The first-order valence-corrected chi connectivity index (χ1v) is 8.27. The van der Waals surface area contributed by atoms with E-state index >= 15 is 0 Å². The Hall–Kier alpha value is -2.57. The highest BCUT2D eigenvalue weighted by Gasteiger charge is 2.23. The van der Waals surface area contributed by atoms with E-state index in [1.54, 1.807) is 19.2 Å². The fraction of sp³-hybridized carbons (Fsp3) is 0.500. The van der Waals surface area contributed by atoms with E-state index in [-0.39, 0.29) is 11.9 Å². The number of hydrogen-bond acceptors (Lipinski definition) is 4. The summed E-state index contributed by atoms with van der Waals surface area (Å²) in [6.45, 7) is 9.50. The molecule has 2 amide bonds. The number of hydrogen-bond donors (Lipinski definition) is 2.